The van der Waals surface area contributed by atoms with E-state index in [0.717, 1.165) is 26.2 Å². The maximum atomic E-state index is 11.3. The van der Waals surface area contributed by atoms with E-state index in [1.807, 2.05) is 12.1 Å². The van der Waals surface area contributed by atoms with Gasteiger partial charge in [-0.15, -0.1) is 0 Å². The standard InChI is InChI=1S/C20H23N3O/c21-20(24)17-8-4-7-16(9-17)12-23-14-18-10-19(23)13-22(18)11-15-5-2-1-3-6-15/h1-9,18-19H,10-14H2,(H2,21,24)/t18-,19-/m0/s1. The minimum Gasteiger partial charge on any atom is -0.366 e. The van der Waals surface area contributed by atoms with Crippen molar-refractivity contribution in [1.82, 2.24) is 9.80 Å². The van der Waals surface area contributed by atoms with Crippen LogP contribution in [0.1, 0.15) is 27.9 Å². The van der Waals surface area contributed by atoms with Gasteiger partial charge in [-0.3, -0.25) is 14.6 Å². The molecule has 2 saturated heterocycles. The summed E-state index contributed by atoms with van der Waals surface area (Å²) in [6.45, 7) is 4.20. The summed E-state index contributed by atoms with van der Waals surface area (Å²) in [4.78, 5) is 16.5. The van der Waals surface area contributed by atoms with Crippen LogP contribution in [0.4, 0.5) is 0 Å². The molecule has 0 spiro atoms. The van der Waals surface area contributed by atoms with Gasteiger partial charge in [-0.1, -0.05) is 42.5 Å². The average Bonchev–Trinajstić information content (AvgIpc) is 3.16. The molecule has 0 unspecified atom stereocenters. The molecule has 2 bridgehead atoms. The summed E-state index contributed by atoms with van der Waals surface area (Å²) in [5.74, 6) is -0.353. The summed E-state index contributed by atoms with van der Waals surface area (Å²) >= 11 is 0. The lowest BCUT2D eigenvalue weighted by Gasteiger charge is -2.34. The van der Waals surface area contributed by atoms with E-state index in [0.29, 0.717) is 17.6 Å². The van der Waals surface area contributed by atoms with Crippen molar-refractivity contribution < 1.29 is 4.79 Å². The van der Waals surface area contributed by atoms with Gasteiger partial charge in [-0.2, -0.15) is 0 Å². The molecule has 2 aliphatic heterocycles. The molecule has 0 aromatic heterocycles. The second kappa shape index (κ2) is 6.38. The van der Waals surface area contributed by atoms with Gasteiger partial charge in [0.1, 0.15) is 0 Å². The fourth-order valence-electron chi connectivity index (χ4n) is 4.09. The van der Waals surface area contributed by atoms with Crippen LogP contribution in [-0.2, 0) is 13.1 Å². The van der Waals surface area contributed by atoms with Crippen LogP contribution in [0.5, 0.6) is 0 Å². The van der Waals surface area contributed by atoms with Crippen molar-refractivity contribution >= 4 is 5.91 Å². The Morgan fingerprint density at radius 3 is 2.17 bits per heavy atom. The van der Waals surface area contributed by atoms with Gasteiger partial charge < -0.3 is 5.73 Å². The topological polar surface area (TPSA) is 49.6 Å². The Bertz CT molecular complexity index is 731. The lowest BCUT2D eigenvalue weighted by atomic mass is 10.1. The van der Waals surface area contributed by atoms with Gasteiger partial charge in [-0.05, 0) is 29.7 Å². The fraction of sp³-hybridized carbons (Fsp3) is 0.350. The number of likely N-dealkylation sites (tertiary alicyclic amines) is 2. The highest BCUT2D eigenvalue weighted by molar-refractivity contribution is 5.92. The maximum absolute atomic E-state index is 11.3. The van der Waals surface area contributed by atoms with Crippen LogP contribution in [0, 0.1) is 0 Å². The van der Waals surface area contributed by atoms with E-state index < -0.39 is 0 Å². The SMILES string of the molecule is NC(=O)c1cccc(CN2C[C@@H]3C[C@H]2CN3Cc2ccccc2)c1. The molecule has 2 N–H and O–H groups in total. The molecule has 0 saturated carbocycles. The van der Waals surface area contributed by atoms with Crippen molar-refractivity contribution in [3.05, 3.63) is 71.3 Å². The minimum absolute atomic E-state index is 0.353. The number of fused-ring (bicyclic) bond motifs is 2. The quantitative estimate of drug-likeness (QED) is 0.919. The van der Waals surface area contributed by atoms with Gasteiger partial charge in [0.25, 0.3) is 0 Å². The van der Waals surface area contributed by atoms with Crippen molar-refractivity contribution in [2.45, 2.75) is 31.6 Å². The number of amides is 1. The first-order valence-corrected chi connectivity index (χ1v) is 8.60. The molecule has 2 aromatic rings. The lowest BCUT2D eigenvalue weighted by Crippen LogP contribution is -2.45. The first-order chi connectivity index (χ1) is 11.7. The predicted molar refractivity (Wildman–Crippen MR) is 94.4 cm³/mol. The molecule has 124 valence electrons. The van der Waals surface area contributed by atoms with Crippen molar-refractivity contribution in [1.29, 1.82) is 0 Å². The molecule has 0 aliphatic carbocycles. The molecule has 0 radical (unpaired) electrons. The predicted octanol–water partition coefficient (Wildman–Crippen LogP) is 2.24. The third-order valence-corrected chi connectivity index (χ3v) is 5.29. The van der Waals surface area contributed by atoms with Gasteiger partial charge in [0.05, 0.1) is 0 Å². The van der Waals surface area contributed by atoms with E-state index in [1.165, 1.54) is 17.5 Å². The van der Waals surface area contributed by atoms with Gasteiger partial charge in [0.15, 0.2) is 0 Å². The Hall–Kier alpha value is -2.17. The summed E-state index contributed by atoms with van der Waals surface area (Å²) in [5.41, 5.74) is 8.55. The Kier molecular flexibility index (Phi) is 4.08. The maximum Gasteiger partial charge on any atom is 0.248 e. The first-order valence-electron chi connectivity index (χ1n) is 8.60. The third kappa shape index (κ3) is 3.07. The number of carbonyl (C=O) groups is 1. The molecule has 2 heterocycles. The molecule has 2 aromatic carbocycles. The third-order valence-electron chi connectivity index (χ3n) is 5.29. The van der Waals surface area contributed by atoms with Gasteiger partial charge in [0.2, 0.25) is 5.91 Å². The molecule has 24 heavy (non-hydrogen) atoms. The minimum atomic E-state index is -0.353. The highest BCUT2D eigenvalue weighted by Gasteiger charge is 2.42. The second-order valence-corrected chi connectivity index (χ2v) is 6.95. The number of nitrogens with two attached hydrogens (primary N) is 1. The van der Waals surface area contributed by atoms with Crippen LogP contribution in [0.15, 0.2) is 54.6 Å². The van der Waals surface area contributed by atoms with Crippen LogP contribution in [0.3, 0.4) is 0 Å². The summed E-state index contributed by atoms with van der Waals surface area (Å²) in [7, 11) is 0. The molecule has 2 atom stereocenters. The highest BCUT2D eigenvalue weighted by atomic mass is 16.1. The Morgan fingerprint density at radius 2 is 1.54 bits per heavy atom. The summed E-state index contributed by atoms with van der Waals surface area (Å²) in [6, 6.07) is 19.7. The van der Waals surface area contributed by atoms with E-state index in [1.54, 1.807) is 6.07 Å². The Morgan fingerprint density at radius 1 is 0.917 bits per heavy atom. The van der Waals surface area contributed by atoms with E-state index in [9.17, 15) is 4.79 Å². The van der Waals surface area contributed by atoms with Crippen molar-refractivity contribution in [2.24, 2.45) is 5.73 Å². The van der Waals surface area contributed by atoms with Gasteiger partial charge in [-0.25, -0.2) is 0 Å². The van der Waals surface area contributed by atoms with Gasteiger partial charge in [0, 0.05) is 43.8 Å². The number of rotatable bonds is 5. The Labute approximate surface area is 142 Å². The van der Waals surface area contributed by atoms with E-state index in [2.05, 4.69) is 46.2 Å². The number of hydrogen-bond donors (Lipinski definition) is 1. The molecule has 4 nitrogen and oxygen atoms in total. The zero-order chi connectivity index (χ0) is 16.5. The fourth-order valence-corrected chi connectivity index (χ4v) is 4.09. The number of nitrogens with zero attached hydrogens (tertiary/aromatic N) is 2. The smallest absolute Gasteiger partial charge is 0.248 e. The highest BCUT2D eigenvalue weighted by Crippen LogP contribution is 2.32. The summed E-state index contributed by atoms with van der Waals surface area (Å²) in [5, 5.41) is 0. The molecule has 4 rings (SSSR count). The molecular formula is C20H23N3O. The monoisotopic (exact) mass is 321 g/mol. The van der Waals surface area contributed by atoms with Crippen LogP contribution < -0.4 is 5.73 Å². The molecule has 2 fully saturated rings. The number of carbonyl (C=O) groups excluding carboxylic acids is 1. The lowest BCUT2D eigenvalue weighted by molar-refractivity contribution is 0.0999. The van der Waals surface area contributed by atoms with Crippen LogP contribution >= 0.6 is 0 Å². The molecule has 4 heteroatoms. The van der Waals surface area contributed by atoms with E-state index in [-0.39, 0.29) is 5.91 Å². The van der Waals surface area contributed by atoms with Crippen molar-refractivity contribution in [2.75, 3.05) is 13.1 Å². The normalized spacial score (nSPS) is 23.7. The number of piperazine rings is 1. The Balaban J connectivity index is 1.38. The van der Waals surface area contributed by atoms with Crippen LogP contribution in [-0.4, -0.2) is 40.9 Å². The van der Waals surface area contributed by atoms with E-state index in [4.69, 9.17) is 5.73 Å². The molecular weight excluding hydrogens is 298 g/mol. The van der Waals surface area contributed by atoms with E-state index >= 15 is 0 Å². The average molecular weight is 321 g/mol. The molecule has 2 aliphatic rings. The van der Waals surface area contributed by atoms with Gasteiger partial charge >= 0.3 is 0 Å². The largest absolute Gasteiger partial charge is 0.366 e. The second-order valence-electron chi connectivity index (χ2n) is 6.95. The summed E-state index contributed by atoms with van der Waals surface area (Å²) in [6.07, 6.45) is 1.25. The van der Waals surface area contributed by atoms with Crippen molar-refractivity contribution in [3.63, 3.8) is 0 Å². The number of benzene rings is 2. The van der Waals surface area contributed by atoms with Crippen molar-refractivity contribution in [3.8, 4) is 0 Å². The number of primary amides is 1. The first kappa shape index (κ1) is 15.4. The summed E-state index contributed by atoms with van der Waals surface area (Å²) < 4.78 is 0. The zero-order valence-electron chi connectivity index (χ0n) is 13.8. The van der Waals surface area contributed by atoms with Crippen LogP contribution in [0.25, 0.3) is 0 Å². The molecule has 1 amide bonds. The zero-order valence-corrected chi connectivity index (χ0v) is 13.8. The number of hydrogen-bond acceptors (Lipinski definition) is 3. The van der Waals surface area contributed by atoms with Crippen LogP contribution in [0.2, 0.25) is 0 Å².